The molecule has 184 valence electrons. The summed E-state index contributed by atoms with van der Waals surface area (Å²) >= 11 is 3.38. The van der Waals surface area contributed by atoms with Crippen molar-refractivity contribution in [1.29, 1.82) is 0 Å². The van der Waals surface area contributed by atoms with Crippen LogP contribution in [0, 0.1) is 0 Å². The molecule has 4 aromatic rings. The van der Waals surface area contributed by atoms with Crippen molar-refractivity contribution in [3.05, 3.63) is 119 Å². The first-order valence-electron chi connectivity index (χ1n) is 11.6. The zero-order valence-electron chi connectivity index (χ0n) is 20.0. The number of methoxy groups -OCH3 is 1. The van der Waals surface area contributed by atoms with Gasteiger partial charge in [-0.05, 0) is 35.4 Å². The lowest BCUT2D eigenvalue weighted by Gasteiger charge is -2.17. The third-order valence-corrected chi connectivity index (χ3v) is 5.76. The van der Waals surface area contributed by atoms with Gasteiger partial charge < -0.3 is 18.9 Å². The van der Waals surface area contributed by atoms with Gasteiger partial charge in [-0.2, -0.15) is 0 Å². The minimum Gasteiger partial charge on any atom is -0.496 e. The lowest BCUT2D eigenvalue weighted by Crippen LogP contribution is -2.10. The van der Waals surface area contributed by atoms with Gasteiger partial charge in [-0.1, -0.05) is 76.6 Å². The Labute approximate surface area is 219 Å². The summed E-state index contributed by atoms with van der Waals surface area (Å²) in [5.74, 6) is 1.83. The minimum absolute atomic E-state index is 0.208. The summed E-state index contributed by atoms with van der Waals surface area (Å²) in [5, 5.41) is 0.617. The lowest BCUT2D eigenvalue weighted by atomic mass is 10.0. The predicted octanol–water partition coefficient (Wildman–Crippen LogP) is 6.86. The summed E-state index contributed by atoms with van der Waals surface area (Å²) in [6.07, 6.45) is 0. The third-order valence-electron chi connectivity index (χ3n) is 5.43. The van der Waals surface area contributed by atoms with Crippen LogP contribution in [-0.4, -0.2) is 24.8 Å². The number of carbonyl (C=O) groups is 1. The van der Waals surface area contributed by atoms with Crippen LogP contribution in [0.15, 0.2) is 97.1 Å². The van der Waals surface area contributed by atoms with E-state index in [0.29, 0.717) is 59.3 Å². The van der Waals surface area contributed by atoms with E-state index >= 15 is 0 Å². The highest BCUT2D eigenvalue weighted by Gasteiger charge is 2.22. The average Bonchev–Trinajstić information content (AvgIpc) is 2.94. The van der Waals surface area contributed by atoms with Crippen molar-refractivity contribution in [1.82, 2.24) is 0 Å². The van der Waals surface area contributed by atoms with Crippen molar-refractivity contribution in [3.8, 4) is 23.0 Å². The topological polar surface area (TPSA) is 54.0 Å². The lowest BCUT2D eigenvalue weighted by molar-refractivity contribution is 0.103. The van der Waals surface area contributed by atoms with Crippen LogP contribution in [0.25, 0.3) is 0 Å². The first-order chi connectivity index (χ1) is 17.7. The summed E-state index contributed by atoms with van der Waals surface area (Å²) in [5.41, 5.74) is 2.96. The van der Waals surface area contributed by atoms with Gasteiger partial charge in [0.25, 0.3) is 0 Å². The largest absolute Gasteiger partial charge is 0.496 e. The van der Waals surface area contributed by atoms with Gasteiger partial charge in [-0.25, -0.2) is 0 Å². The number of alkyl halides is 1. The van der Waals surface area contributed by atoms with Crippen molar-refractivity contribution >= 4 is 21.7 Å². The summed E-state index contributed by atoms with van der Waals surface area (Å²) in [6, 6.07) is 30.3. The Morgan fingerprint density at radius 2 is 1.25 bits per heavy atom. The molecule has 0 aliphatic carbocycles. The quantitative estimate of drug-likeness (QED) is 0.143. The Kier molecular flexibility index (Phi) is 9.00. The van der Waals surface area contributed by atoms with Gasteiger partial charge in [-0.15, -0.1) is 0 Å². The molecule has 4 aromatic carbocycles. The normalized spacial score (nSPS) is 10.5. The number of hydrogen-bond donors (Lipinski definition) is 0. The maximum atomic E-state index is 13.5. The molecule has 6 heteroatoms. The van der Waals surface area contributed by atoms with E-state index in [9.17, 15) is 4.79 Å². The van der Waals surface area contributed by atoms with E-state index in [4.69, 9.17) is 18.9 Å². The van der Waals surface area contributed by atoms with Crippen molar-refractivity contribution in [2.45, 2.75) is 13.2 Å². The molecule has 0 aromatic heterocycles. The van der Waals surface area contributed by atoms with Crippen molar-refractivity contribution < 1.29 is 23.7 Å². The average molecular weight is 547 g/mol. The van der Waals surface area contributed by atoms with E-state index in [0.717, 1.165) is 11.1 Å². The summed E-state index contributed by atoms with van der Waals surface area (Å²) < 4.78 is 23.3. The summed E-state index contributed by atoms with van der Waals surface area (Å²) in [6.45, 7) is 1.23. The molecule has 0 fully saturated rings. The highest BCUT2D eigenvalue weighted by atomic mass is 79.9. The van der Waals surface area contributed by atoms with E-state index < -0.39 is 0 Å². The van der Waals surface area contributed by atoms with E-state index in [1.807, 2.05) is 60.7 Å². The molecule has 0 N–H and O–H groups in total. The number of ketones is 1. The summed E-state index contributed by atoms with van der Waals surface area (Å²) in [4.78, 5) is 13.5. The van der Waals surface area contributed by atoms with E-state index in [1.54, 1.807) is 36.4 Å². The molecule has 0 saturated carbocycles. The number of rotatable bonds is 12. The fourth-order valence-corrected chi connectivity index (χ4v) is 3.79. The maximum Gasteiger partial charge on any atom is 0.200 e. The standard InChI is InChI=1S/C30H27BrO5/c1-33-27-18-26(36-21-23-10-6-3-7-11-23)19-28(34-17-16-31)29(27)30(32)24-12-14-25(15-13-24)35-20-22-8-4-2-5-9-22/h2-15,18-19H,16-17,20-21H2,1H3. The van der Waals surface area contributed by atoms with Gasteiger partial charge in [-0.3, -0.25) is 4.79 Å². The van der Waals surface area contributed by atoms with Crippen LogP contribution in [0.5, 0.6) is 23.0 Å². The Hall–Kier alpha value is -3.77. The molecule has 0 amide bonds. The first kappa shape index (κ1) is 25.3. The third kappa shape index (κ3) is 6.67. The fraction of sp³-hybridized carbons (Fsp3) is 0.167. The van der Waals surface area contributed by atoms with Crippen LogP contribution in [0.1, 0.15) is 27.0 Å². The van der Waals surface area contributed by atoms with Gasteiger partial charge >= 0.3 is 0 Å². The minimum atomic E-state index is -0.208. The van der Waals surface area contributed by atoms with Crippen LogP contribution >= 0.6 is 15.9 Å². The van der Waals surface area contributed by atoms with Gasteiger partial charge in [0.15, 0.2) is 0 Å². The maximum absolute atomic E-state index is 13.5. The number of halogens is 1. The van der Waals surface area contributed by atoms with E-state index in [1.165, 1.54) is 7.11 Å². The van der Waals surface area contributed by atoms with Gasteiger partial charge in [0.05, 0.1) is 13.7 Å². The van der Waals surface area contributed by atoms with Crippen LogP contribution < -0.4 is 18.9 Å². The molecule has 0 aliphatic heterocycles. The Bertz CT molecular complexity index is 1260. The first-order valence-corrected chi connectivity index (χ1v) is 12.7. The number of ether oxygens (including phenoxy) is 4. The molecule has 0 spiro atoms. The second-order valence-corrected chi connectivity index (χ2v) is 8.73. The monoisotopic (exact) mass is 546 g/mol. The number of hydrogen-bond acceptors (Lipinski definition) is 5. The van der Waals surface area contributed by atoms with Crippen LogP contribution in [0.3, 0.4) is 0 Å². The Morgan fingerprint density at radius 1 is 0.694 bits per heavy atom. The molecule has 0 aliphatic rings. The second kappa shape index (κ2) is 12.8. The number of benzene rings is 4. The predicted molar refractivity (Wildman–Crippen MR) is 144 cm³/mol. The molecule has 5 nitrogen and oxygen atoms in total. The Balaban J connectivity index is 1.54. The highest BCUT2D eigenvalue weighted by molar-refractivity contribution is 9.09. The van der Waals surface area contributed by atoms with Gasteiger partial charge in [0.1, 0.15) is 41.8 Å². The molecule has 0 bridgehead atoms. The van der Waals surface area contributed by atoms with E-state index in [2.05, 4.69) is 15.9 Å². The molecular weight excluding hydrogens is 520 g/mol. The number of carbonyl (C=O) groups excluding carboxylic acids is 1. The molecule has 36 heavy (non-hydrogen) atoms. The van der Waals surface area contributed by atoms with Crippen LogP contribution in [-0.2, 0) is 13.2 Å². The molecule has 0 unspecified atom stereocenters. The summed E-state index contributed by atoms with van der Waals surface area (Å²) in [7, 11) is 1.53. The zero-order valence-corrected chi connectivity index (χ0v) is 21.6. The van der Waals surface area contributed by atoms with Crippen LogP contribution in [0.2, 0.25) is 0 Å². The smallest absolute Gasteiger partial charge is 0.200 e. The van der Waals surface area contributed by atoms with Crippen LogP contribution in [0.4, 0.5) is 0 Å². The van der Waals surface area contributed by atoms with Gasteiger partial charge in [0.2, 0.25) is 5.78 Å². The van der Waals surface area contributed by atoms with Gasteiger partial charge in [0, 0.05) is 23.0 Å². The molecular formula is C30H27BrO5. The molecule has 0 heterocycles. The zero-order chi connectivity index (χ0) is 25.2. The van der Waals surface area contributed by atoms with Crippen molar-refractivity contribution in [2.75, 3.05) is 19.0 Å². The molecule has 0 radical (unpaired) electrons. The molecule has 0 atom stereocenters. The highest BCUT2D eigenvalue weighted by Crippen LogP contribution is 2.36. The van der Waals surface area contributed by atoms with Crippen molar-refractivity contribution in [3.63, 3.8) is 0 Å². The van der Waals surface area contributed by atoms with Crippen molar-refractivity contribution in [2.24, 2.45) is 0 Å². The van der Waals surface area contributed by atoms with E-state index in [-0.39, 0.29) is 5.78 Å². The molecule has 0 saturated heterocycles. The fourth-order valence-electron chi connectivity index (χ4n) is 3.63. The SMILES string of the molecule is COc1cc(OCc2ccccc2)cc(OCCBr)c1C(=O)c1ccc(OCc2ccccc2)cc1. The molecule has 4 rings (SSSR count). The second-order valence-electron chi connectivity index (χ2n) is 7.94. The Morgan fingerprint density at radius 3 is 1.81 bits per heavy atom.